The van der Waals surface area contributed by atoms with Crippen LogP contribution >= 0.6 is 0 Å². The van der Waals surface area contributed by atoms with Crippen LogP contribution in [0.25, 0.3) is 33.1 Å². The Bertz CT molecular complexity index is 1610. The summed E-state index contributed by atoms with van der Waals surface area (Å²) in [5.74, 6) is 0.726. The monoisotopic (exact) mass is 514 g/mol. The van der Waals surface area contributed by atoms with E-state index in [0.717, 1.165) is 62.9 Å². The minimum Gasteiger partial charge on any atom is -0.384 e. The zero-order chi connectivity index (χ0) is 26.6. The second-order valence-electron chi connectivity index (χ2n) is 10.8. The third kappa shape index (κ3) is 4.18. The number of hydrogen-bond donors (Lipinski definition) is 1. The molecular formula is C30H31FN4O3. The largest absolute Gasteiger partial charge is 0.384 e. The third-order valence-electron chi connectivity index (χ3n) is 7.67. The molecule has 1 unspecified atom stereocenters. The number of fused-ring (bicyclic) bond motifs is 3. The lowest BCUT2D eigenvalue weighted by molar-refractivity contribution is 0.0552. The lowest BCUT2D eigenvalue weighted by atomic mass is 9.86. The first-order valence-corrected chi connectivity index (χ1v) is 13.0. The van der Waals surface area contributed by atoms with Gasteiger partial charge in [0.1, 0.15) is 17.2 Å². The minimum absolute atomic E-state index is 0.0988. The number of aliphatic hydroxyl groups is 1. The standard InChI is InChI=1S/C30H31FN4O3/c1-17-27(18(2)38-34-17)21-13-25-28(33-15-21)23-16-32-26(30(3,4)36)14-24(23)35(25)29(20-9-11-37-12-10-20)19-5-7-22(31)8-6-19/h5-8,13-16,20,29,36H,9-12H2,1-4H3. The summed E-state index contributed by atoms with van der Waals surface area (Å²) >= 11 is 0. The average Bonchev–Trinajstić information content (AvgIpc) is 3.41. The Morgan fingerprint density at radius 3 is 2.42 bits per heavy atom. The Morgan fingerprint density at radius 1 is 1.03 bits per heavy atom. The molecule has 1 N–H and O–H groups in total. The molecule has 0 bridgehead atoms. The first kappa shape index (κ1) is 24.7. The lowest BCUT2D eigenvalue weighted by Gasteiger charge is -2.33. The van der Waals surface area contributed by atoms with Gasteiger partial charge in [-0.25, -0.2) is 4.39 Å². The summed E-state index contributed by atoms with van der Waals surface area (Å²) < 4.78 is 27.5. The van der Waals surface area contributed by atoms with Crippen molar-refractivity contribution in [3.63, 3.8) is 0 Å². The van der Waals surface area contributed by atoms with Gasteiger partial charge >= 0.3 is 0 Å². The first-order chi connectivity index (χ1) is 18.2. The van der Waals surface area contributed by atoms with Gasteiger partial charge in [-0.2, -0.15) is 0 Å². The third-order valence-corrected chi connectivity index (χ3v) is 7.67. The van der Waals surface area contributed by atoms with Crippen molar-refractivity contribution >= 4 is 21.9 Å². The van der Waals surface area contributed by atoms with E-state index in [9.17, 15) is 9.50 Å². The zero-order valence-corrected chi connectivity index (χ0v) is 22.0. The molecule has 0 amide bonds. The molecule has 1 aliphatic rings. The summed E-state index contributed by atoms with van der Waals surface area (Å²) in [4.78, 5) is 9.52. The highest BCUT2D eigenvalue weighted by Crippen LogP contribution is 2.42. The van der Waals surface area contributed by atoms with Crippen LogP contribution in [0.2, 0.25) is 0 Å². The minimum atomic E-state index is -1.12. The maximum Gasteiger partial charge on any atom is 0.141 e. The van der Waals surface area contributed by atoms with Gasteiger partial charge < -0.3 is 18.9 Å². The maximum absolute atomic E-state index is 14.0. The number of rotatable bonds is 5. The predicted octanol–water partition coefficient (Wildman–Crippen LogP) is 6.24. The van der Waals surface area contributed by atoms with Crippen LogP contribution in [0.5, 0.6) is 0 Å². The lowest BCUT2D eigenvalue weighted by Crippen LogP contribution is -2.27. The van der Waals surface area contributed by atoms with Gasteiger partial charge in [0.25, 0.3) is 0 Å². The average molecular weight is 515 g/mol. The van der Waals surface area contributed by atoms with Gasteiger partial charge in [-0.3, -0.25) is 9.97 Å². The number of hydrogen-bond acceptors (Lipinski definition) is 6. The number of nitrogens with zero attached hydrogens (tertiary/aromatic N) is 4. The topological polar surface area (TPSA) is 86.2 Å². The summed E-state index contributed by atoms with van der Waals surface area (Å²) in [6.07, 6.45) is 5.41. The highest BCUT2D eigenvalue weighted by atomic mass is 19.1. The van der Waals surface area contributed by atoms with E-state index in [2.05, 4.69) is 20.8 Å². The number of aryl methyl sites for hydroxylation is 2. The number of ether oxygens (including phenoxy) is 1. The van der Waals surface area contributed by atoms with Crippen LogP contribution in [-0.2, 0) is 10.3 Å². The van der Waals surface area contributed by atoms with Crippen molar-refractivity contribution in [1.82, 2.24) is 19.7 Å². The van der Waals surface area contributed by atoms with Gasteiger partial charge in [-0.05, 0) is 76.3 Å². The van der Waals surface area contributed by atoms with E-state index in [-0.39, 0.29) is 17.8 Å². The fourth-order valence-corrected chi connectivity index (χ4v) is 5.79. The molecule has 0 saturated carbocycles. The smallest absolute Gasteiger partial charge is 0.141 e. The van der Waals surface area contributed by atoms with Crippen LogP contribution in [0.3, 0.4) is 0 Å². The Balaban J connectivity index is 1.69. The maximum atomic E-state index is 14.0. The normalized spacial score (nSPS) is 15.9. The van der Waals surface area contributed by atoms with Gasteiger partial charge in [0, 0.05) is 42.1 Å². The summed E-state index contributed by atoms with van der Waals surface area (Å²) in [7, 11) is 0. The summed E-state index contributed by atoms with van der Waals surface area (Å²) in [5.41, 5.74) is 5.81. The molecular weight excluding hydrogens is 483 g/mol. The first-order valence-electron chi connectivity index (χ1n) is 13.0. The second-order valence-corrected chi connectivity index (χ2v) is 10.8. The molecule has 5 heterocycles. The van der Waals surface area contributed by atoms with Crippen LogP contribution in [-0.4, -0.2) is 38.0 Å². The van der Waals surface area contributed by atoms with Crippen molar-refractivity contribution in [2.45, 2.75) is 52.2 Å². The Hall–Kier alpha value is -3.62. The zero-order valence-electron chi connectivity index (χ0n) is 22.0. The van der Waals surface area contributed by atoms with E-state index in [4.69, 9.17) is 14.2 Å². The van der Waals surface area contributed by atoms with Gasteiger partial charge in [0.2, 0.25) is 0 Å². The number of aromatic nitrogens is 4. The van der Waals surface area contributed by atoms with Crippen molar-refractivity contribution in [3.8, 4) is 11.1 Å². The van der Waals surface area contributed by atoms with E-state index in [1.807, 2.05) is 38.2 Å². The van der Waals surface area contributed by atoms with Gasteiger partial charge in [0.05, 0.1) is 34.0 Å². The highest BCUT2D eigenvalue weighted by Gasteiger charge is 2.31. The van der Waals surface area contributed by atoms with E-state index in [0.29, 0.717) is 18.9 Å². The van der Waals surface area contributed by atoms with Crippen LogP contribution in [0.1, 0.15) is 55.4 Å². The molecule has 0 spiro atoms. The van der Waals surface area contributed by atoms with Crippen molar-refractivity contribution in [3.05, 3.63) is 77.3 Å². The Morgan fingerprint density at radius 2 is 1.76 bits per heavy atom. The van der Waals surface area contributed by atoms with E-state index >= 15 is 0 Å². The molecule has 6 rings (SSSR count). The highest BCUT2D eigenvalue weighted by molar-refractivity contribution is 6.06. The molecule has 1 atom stereocenters. The molecule has 1 aliphatic heterocycles. The van der Waals surface area contributed by atoms with Crippen LogP contribution in [0.4, 0.5) is 4.39 Å². The fourth-order valence-electron chi connectivity index (χ4n) is 5.79. The number of pyridine rings is 2. The Kier molecular flexibility index (Phi) is 6.04. The van der Waals surface area contributed by atoms with Crippen molar-refractivity contribution in [1.29, 1.82) is 0 Å². The molecule has 38 heavy (non-hydrogen) atoms. The predicted molar refractivity (Wildman–Crippen MR) is 143 cm³/mol. The molecule has 4 aromatic heterocycles. The van der Waals surface area contributed by atoms with E-state index in [1.54, 1.807) is 20.0 Å². The van der Waals surface area contributed by atoms with Gasteiger partial charge in [-0.1, -0.05) is 17.3 Å². The van der Waals surface area contributed by atoms with E-state index in [1.165, 1.54) is 12.1 Å². The number of benzene rings is 1. The summed E-state index contributed by atoms with van der Waals surface area (Å²) in [6, 6.07) is 10.8. The van der Waals surface area contributed by atoms with Crippen molar-refractivity contribution < 1.29 is 18.8 Å². The molecule has 196 valence electrons. The quantitative estimate of drug-likeness (QED) is 0.299. The SMILES string of the molecule is Cc1noc(C)c1-c1cnc2c3cnc(C(C)(C)O)cc3n(C(c3ccc(F)cc3)C3CCOCC3)c2c1. The Labute approximate surface area is 220 Å². The van der Waals surface area contributed by atoms with Crippen molar-refractivity contribution in [2.75, 3.05) is 13.2 Å². The van der Waals surface area contributed by atoms with Gasteiger partial charge in [-0.15, -0.1) is 0 Å². The van der Waals surface area contributed by atoms with E-state index < -0.39 is 5.60 Å². The molecule has 1 saturated heterocycles. The van der Waals surface area contributed by atoms with Crippen LogP contribution in [0, 0.1) is 25.6 Å². The second kappa shape index (κ2) is 9.29. The molecule has 0 radical (unpaired) electrons. The molecule has 8 heteroatoms. The molecule has 7 nitrogen and oxygen atoms in total. The van der Waals surface area contributed by atoms with Crippen molar-refractivity contribution in [2.24, 2.45) is 5.92 Å². The summed E-state index contributed by atoms with van der Waals surface area (Å²) in [5, 5.41) is 15.9. The van der Waals surface area contributed by atoms with Gasteiger partial charge in [0.15, 0.2) is 0 Å². The summed E-state index contributed by atoms with van der Waals surface area (Å²) in [6.45, 7) is 8.65. The van der Waals surface area contributed by atoms with Crippen LogP contribution in [0.15, 0.2) is 53.3 Å². The molecule has 5 aromatic rings. The molecule has 1 aromatic carbocycles. The number of halogens is 1. The van der Waals surface area contributed by atoms with Crippen LogP contribution < -0.4 is 0 Å². The molecule has 0 aliphatic carbocycles. The molecule has 1 fully saturated rings. The fraction of sp³-hybridized carbons (Fsp3) is 0.367.